The number of benzene rings is 2. The summed E-state index contributed by atoms with van der Waals surface area (Å²) in [4.78, 5) is 31.5. The molecule has 32 heavy (non-hydrogen) atoms. The number of piperazine rings is 1. The Labute approximate surface area is 189 Å². The second-order valence-corrected chi connectivity index (χ2v) is 9.43. The molecule has 2 aromatic rings. The molecule has 4 rings (SSSR count). The molecule has 0 aliphatic carbocycles. The highest BCUT2D eigenvalue weighted by Crippen LogP contribution is 2.31. The summed E-state index contributed by atoms with van der Waals surface area (Å²) in [6.07, 6.45) is 0.133. The van der Waals surface area contributed by atoms with Crippen molar-refractivity contribution in [2.24, 2.45) is 4.99 Å². The minimum absolute atomic E-state index is 0.0626. The number of carbonyl (C=O) groups is 1. The number of nitrogens with one attached hydrogen (secondary N) is 1. The van der Waals surface area contributed by atoms with E-state index in [2.05, 4.69) is 9.71 Å². The van der Waals surface area contributed by atoms with Crippen molar-refractivity contribution in [3.8, 4) is 0 Å². The molecule has 168 valence electrons. The van der Waals surface area contributed by atoms with Crippen LogP contribution in [0, 0.1) is 10.1 Å². The van der Waals surface area contributed by atoms with Gasteiger partial charge < -0.3 is 9.80 Å². The fourth-order valence-corrected chi connectivity index (χ4v) is 5.20. The Morgan fingerprint density at radius 1 is 1.16 bits per heavy atom. The van der Waals surface area contributed by atoms with Gasteiger partial charge in [-0.15, -0.1) is 0 Å². The van der Waals surface area contributed by atoms with Gasteiger partial charge in [-0.25, -0.2) is 8.42 Å². The number of fused-ring (bicyclic) bond motifs is 1. The predicted octanol–water partition coefficient (Wildman–Crippen LogP) is 2.03. The molecule has 0 spiro atoms. The average molecular weight is 478 g/mol. The van der Waals surface area contributed by atoms with Gasteiger partial charge in [-0.2, -0.15) is 0 Å². The summed E-state index contributed by atoms with van der Waals surface area (Å²) in [5, 5.41) is 11.6. The molecule has 0 atom stereocenters. The maximum atomic E-state index is 12.6. The Morgan fingerprint density at radius 3 is 2.59 bits per heavy atom. The van der Waals surface area contributed by atoms with Crippen molar-refractivity contribution < 1.29 is 18.1 Å². The molecule has 0 radical (unpaired) electrons. The third-order valence-corrected chi connectivity index (χ3v) is 7.00. The number of aliphatic imine (C=N–C) groups is 1. The highest BCUT2D eigenvalue weighted by atomic mass is 35.5. The van der Waals surface area contributed by atoms with Crippen molar-refractivity contribution >= 4 is 44.7 Å². The fraction of sp³-hybridized carbons (Fsp3) is 0.300. The predicted molar refractivity (Wildman–Crippen MR) is 120 cm³/mol. The van der Waals surface area contributed by atoms with E-state index >= 15 is 0 Å². The molecule has 10 nitrogen and oxygen atoms in total. The highest BCUT2D eigenvalue weighted by Gasteiger charge is 2.30. The zero-order valence-corrected chi connectivity index (χ0v) is 18.5. The SMILES string of the molecule is O=C(CCN=C1NS(=O)(=O)c2ccccc21)N1CCN(c2ccc(Cl)cc2[N+](=O)[O-])CC1. The van der Waals surface area contributed by atoms with Crippen molar-refractivity contribution in [2.75, 3.05) is 37.6 Å². The molecule has 1 fully saturated rings. The third-order valence-electron chi connectivity index (χ3n) is 5.37. The van der Waals surface area contributed by atoms with Gasteiger partial charge in [0.1, 0.15) is 11.5 Å². The number of anilines is 1. The zero-order chi connectivity index (χ0) is 22.9. The van der Waals surface area contributed by atoms with Crippen LogP contribution < -0.4 is 9.62 Å². The summed E-state index contributed by atoms with van der Waals surface area (Å²) in [6, 6.07) is 11.1. The summed E-state index contributed by atoms with van der Waals surface area (Å²) >= 11 is 5.88. The van der Waals surface area contributed by atoms with Crippen molar-refractivity contribution in [3.05, 3.63) is 63.2 Å². The Morgan fingerprint density at radius 2 is 1.88 bits per heavy atom. The fourth-order valence-electron chi connectivity index (χ4n) is 3.78. The Bertz CT molecular complexity index is 1210. The van der Waals surface area contributed by atoms with Gasteiger partial charge in [0.2, 0.25) is 5.91 Å². The largest absolute Gasteiger partial charge is 0.362 e. The smallest absolute Gasteiger partial charge is 0.294 e. The van der Waals surface area contributed by atoms with E-state index in [9.17, 15) is 23.3 Å². The number of rotatable bonds is 5. The van der Waals surface area contributed by atoms with Crippen LogP contribution in [0.4, 0.5) is 11.4 Å². The molecule has 0 bridgehead atoms. The number of sulfonamides is 1. The number of halogens is 1. The Kier molecular flexibility index (Phi) is 6.02. The van der Waals surface area contributed by atoms with Gasteiger partial charge in [-0.1, -0.05) is 23.7 Å². The van der Waals surface area contributed by atoms with Gasteiger partial charge in [-0.05, 0) is 24.3 Å². The highest BCUT2D eigenvalue weighted by molar-refractivity contribution is 7.90. The van der Waals surface area contributed by atoms with Gasteiger partial charge in [0, 0.05) is 49.3 Å². The van der Waals surface area contributed by atoms with Gasteiger partial charge >= 0.3 is 0 Å². The number of amides is 1. The number of hydrogen-bond donors (Lipinski definition) is 1. The number of nitrogens with zero attached hydrogens (tertiary/aromatic N) is 4. The maximum Gasteiger partial charge on any atom is 0.294 e. The van der Waals surface area contributed by atoms with E-state index in [0.29, 0.717) is 42.5 Å². The minimum Gasteiger partial charge on any atom is -0.362 e. The van der Waals surface area contributed by atoms with Crippen LogP contribution in [0.25, 0.3) is 0 Å². The second-order valence-electron chi connectivity index (χ2n) is 7.34. The molecule has 2 aliphatic rings. The van der Waals surface area contributed by atoms with Crippen LogP contribution in [-0.4, -0.2) is 62.7 Å². The number of nitro benzene ring substituents is 1. The van der Waals surface area contributed by atoms with Gasteiger partial charge in [0.25, 0.3) is 15.7 Å². The quantitative estimate of drug-likeness (QED) is 0.518. The number of nitro groups is 1. The van der Waals surface area contributed by atoms with Crippen LogP contribution in [0.15, 0.2) is 52.4 Å². The average Bonchev–Trinajstić information content (AvgIpc) is 3.04. The molecule has 0 aromatic heterocycles. The van der Waals surface area contributed by atoms with Crippen molar-refractivity contribution in [3.63, 3.8) is 0 Å². The molecular formula is C20H20ClN5O5S. The minimum atomic E-state index is -3.61. The lowest BCUT2D eigenvalue weighted by molar-refractivity contribution is -0.384. The van der Waals surface area contributed by atoms with E-state index in [1.807, 2.05) is 4.90 Å². The maximum absolute atomic E-state index is 12.6. The first-order valence-electron chi connectivity index (χ1n) is 9.89. The van der Waals surface area contributed by atoms with Gasteiger partial charge in [0.15, 0.2) is 0 Å². The van der Waals surface area contributed by atoms with E-state index in [4.69, 9.17) is 11.6 Å². The molecule has 12 heteroatoms. The Balaban J connectivity index is 1.34. The van der Waals surface area contributed by atoms with Crippen LogP contribution in [-0.2, 0) is 14.8 Å². The molecule has 1 saturated heterocycles. The van der Waals surface area contributed by atoms with Gasteiger partial charge in [0.05, 0.1) is 16.4 Å². The lowest BCUT2D eigenvalue weighted by atomic mass is 10.2. The zero-order valence-electron chi connectivity index (χ0n) is 16.9. The van der Waals surface area contributed by atoms with Crippen molar-refractivity contribution in [1.82, 2.24) is 9.62 Å². The van der Waals surface area contributed by atoms with E-state index < -0.39 is 14.9 Å². The normalized spacial score (nSPS) is 18.3. The topological polar surface area (TPSA) is 125 Å². The summed E-state index contributed by atoms with van der Waals surface area (Å²) in [6.45, 7) is 1.90. The number of amidine groups is 1. The van der Waals surface area contributed by atoms with Crippen LogP contribution in [0.2, 0.25) is 5.02 Å². The first kappa shape index (κ1) is 22.0. The monoisotopic (exact) mass is 477 g/mol. The van der Waals surface area contributed by atoms with E-state index in [-0.39, 0.29) is 35.3 Å². The number of carbonyl (C=O) groups excluding carboxylic acids is 1. The van der Waals surface area contributed by atoms with Crippen LogP contribution in [0.1, 0.15) is 12.0 Å². The summed E-state index contributed by atoms with van der Waals surface area (Å²) in [5.74, 6) is 0.141. The van der Waals surface area contributed by atoms with Crippen LogP contribution in [0.3, 0.4) is 0 Å². The summed E-state index contributed by atoms with van der Waals surface area (Å²) in [7, 11) is -3.61. The molecular weight excluding hydrogens is 458 g/mol. The van der Waals surface area contributed by atoms with E-state index in [1.54, 1.807) is 35.2 Å². The molecule has 2 aromatic carbocycles. The molecule has 0 saturated carbocycles. The number of hydrogen-bond acceptors (Lipinski definition) is 7. The van der Waals surface area contributed by atoms with Crippen LogP contribution in [0.5, 0.6) is 0 Å². The summed E-state index contributed by atoms with van der Waals surface area (Å²) < 4.78 is 26.7. The molecule has 2 heterocycles. The second kappa shape index (κ2) is 8.75. The molecule has 2 aliphatic heterocycles. The molecule has 0 unspecified atom stereocenters. The molecule has 1 amide bonds. The van der Waals surface area contributed by atoms with Crippen molar-refractivity contribution in [2.45, 2.75) is 11.3 Å². The van der Waals surface area contributed by atoms with Gasteiger partial charge in [-0.3, -0.25) is 24.6 Å². The first-order chi connectivity index (χ1) is 15.3. The lowest BCUT2D eigenvalue weighted by Crippen LogP contribution is -2.49. The first-order valence-corrected chi connectivity index (χ1v) is 11.8. The van der Waals surface area contributed by atoms with Crippen molar-refractivity contribution in [1.29, 1.82) is 0 Å². The Hall–Kier alpha value is -3.18. The standard InChI is InChI=1S/C20H20ClN5O5S/c21-14-5-6-16(17(13-14)26(28)29)24-9-11-25(12-10-24)19(27)7-8-22-20-15-3-1-2-4-18(15)32(30,31)23-20/h1-6,13H,7-12H2,(H,22,23). The van der Waals surface area contributed by atoms with E-state index in [0.717, 1.165) is 0 Å². The van der Waals surface area contributed by atoms with Crippen LogP contribution >= 0.6 is 11.6 Å². The third kappa shape index (κ3) is 4.39. The van der Waals surface area contributed by atoms with E-state index in [1.165, 1.54) is 12.1 Å². The lowest BCUT2D eigenvalue weighted by Gasteiger charge is -2.35. The summed E-state index contributed by atoms with van der Waals surface area (Å²) in [5.41, 5.74) is 0.913. The molecule has 1 N–H and O–H groups in total.